The van der Waals surface area contributed by atoms with E-state index >= 15 is 0 Å². The smallest absolute Gasteiger partial charge is 0.193 e. The van der Waals surface area contributed by atoms with Crippen molar-refractivity contribution in [2.24, 2.45) is 4.99 Å². The van der Waals surface area contributed by atoms with Crippen LogP contribution in [0.3, 0.4) is 0 Å². The van der Waals surface area contributed by atoms with Gasteiger partial charge in [0.25, 0.3) is 0 Å². The van der Waals surface area contributed by atoms with Crippen LogP contribution < -0.4 is 10.1 Å². The van der Waals surface area contributed by atoms with E-state index < -0.39 is 0 Å². The molecule has 116 valence electrons. The van der Waals surface area contributed by atoms with E-state index in [1.54, 1.807) is 7.05 Å². The average Bonchev–Trinajstić information content (AvgIpc) is 2.49. The van der Waals surface area contributed by atoms with Crippen LogP contribution in [-0.4, -0.2) is 44.7 Å². The Balaban J connectivity index is 2.34. The molecule has 0 saturated carbocycles. The summed E-state index contributed by atoms with van der Waals surface area (Å²) in [4.78, 5) is 6.36. The summed E-state index contributed by atoms with van der Waals surface area (Å²) in [5, 5.41) is 3.33. The van der Waals surface area contributed by atoms with E-state index in [1.807, 2.05) is 32.2 Å². The summed E-state index contributed by atoms with van der Waals surface area (Å²) in [5.74, 6) is 1.84. The van der Waals surface area contributed by atoms with Crippen LogP contribution >= 0.6 is 0 Å². The van der Waals surface area contributed by atoms with E-state index in [-0.39, 0.29) is 0 Å². The maximum Gasteiger partial charge on any atom is 0.193 e. The van der Waals surface area contributed by atoms with E-state index in [9.17, 15) is 0 Å². The number of likely N-dealkylation sites (N-methyl/N-ethyl adjacent to an activating group) is 1. The van der Waals surface area contributed by atoms with E-state index in [0.29, 0.717) is 6.61 Å². The largest absolute Gasteiger partial charge is 0.491 e. The Kier molecular flexibility index (Phi) is 8.02. The number of rotatable bonds is 7. The lowest BCUT2D eigenvalue weighted by Crippen LogP contribution is -2.41. The molecule has 4 nitrogen and oxygen atoms in total. The Hall–Kier alpha value is -1.97. The van der Waals surface area contributed by atoms with Crippen LogP contribution in [-0.2, 0) is 0 Å². The van der Waals surface area contributed by atoms with Crippen LogP contribution in [0.15, 0.2) is 41.4 Å². The zero-order valence-corrected chi connectivity index (χ0v) is 13.6. The van der Waals surface area contributed by atoms with Gasteiger partial charge in [-0.05, 0) is 31.9 Å². The molecule has 1 rings (SSSR count). The van der Waals surface area contributed by atoms with Crippen molar-refractivity contribution in [3.05, 3.63) is 42.0 Å². The first kappa shape index (κ1) is 17.1. The molecular formula is C17H27N3O. The van der Waals surface area contributed by atoms with Crippen LogP contribution in [0.2, 0.25) is 0 Å². The van der Waals surface area contributed by atoms with Crippen molar-refractivity contribution in [3.63, 3.8) is 0 Å². The molecule has 0 fully saturated rings. The van der Waals surface area contributed by atoms with Gasteiger partial charge in [-0.2, -0.15) is 0 Å². The Morgan fingerprint density at radius 3 is 2.81 bits per heavy atom. The third-order valence-electron chi connectivity index (χ3n) is 3.18. The maximum atomic E-state index is 5.81. The molecule has 0 unspecified atom stereocenters. The number of allylic oxidation sites excluding steroid dienone is 1. The topological polar surface area (TPSA) is 36.9 Å². The van der Waals surface area contributed by atoms with Crippen LogP contribution in [0.4, 0.5) is 0 Å². The van der Waals surface area contributed by atoms with E-state index in [0.717, 1.165) is 36.8 Å². The maximum absolute atomic E-state index is 5.81. The molecule has 1 aromatic rings. The summed E-state index contributed by atoms with van der Waals surface area (Å²) in [7, 11) is 3.82. The molecule has 4 heteroatoms. The SMILES string of the molecule is C/C=C/CCNC(=NC)N(C)CCOc1ccccc1C. The van der Waals surface area contributed by atoms with Crippen LogP contribution in [0.25, 0.3) is 0 Å². The van der Waals surface area contributed by atoms with Crippen molar-refractivity contribution in [1.82, 2.24) is 10.2 Å². The summed E-state index contributed by atoms with van der Waals surface area (Å²) in [6, 6.07) is 8.07. The summed E-state index contributed by atoms with van der Waals surface area (Å²) in [5.41, 5.74) is 1.16. The highest BCUT2D eigenvalue weighted by Crippen LogP contribution is 2.15. The predicted octanol–water partition coefficient (Wildman–Crippen LogP) is 2.85. The number of aliphatic imine (C=N–C) groups is 1. The van der Waals surface area contributed by atoms with E-state index in [4.69, 9.17) is 4.74 Å². The number of benzene rings is 1. The van der Waals surface area contributed by atoms with Crippen LogP contribution in [0.5, 0.6) is 5.75 Å². The first-order chi connectivity index (χ1) is 10.2. The second kappa shape index (κ2) is 9.86. The molecule has 21 heavy (non-hydrogen) atoms. The number of ether oxygens (including phenoxy) is 1. The molecule has 0 heterocycles. The van der Waals surface area contributed by atoms with Gasteiger partial charge in [0.05, 0.1) is 6.54 Å². The van der Waals surface area contributed by atoms with Gasteiger partial charge in [-0.25, -0.2) is 0 Å². The quantitative estimate of drug-likeness (QED) is 0.363. The summed E-state index contributed by atoms with van der Waals surface area (Å²) >= 11 is 0. The summed E-state index contributed by atoms with van der Waals surface area (Å²) in [6.07, 6.45) is 5.20. The molecule has 0 saturated heterocycles. The van der Waals surface area contributed by atoms with E-state index in [1.165, 1.54) is 0 Å². The number of aryl methyl sites for hydroxylation is 1. The fourth-order valence-electron chi connectivity index (χ4n) is 1.94. The predicted molar refractivity (Wildman–Crippen MR) is 90.1 cm³/mol. The number of nitrogens with zero attached hydrogens (tertiary/aromatic N) is 2. The Morgan fingerprint density at radius 1 is 1.38 bits per heavy atom. The molecule has 0 aliphatic carbocycles. The lowest BCUT2D eigenvalue weighted by Gasteiger charge is -2.22. The molecule has 0 aromatic heterocycles. The fraction of sp³-hybridized carbons (Fsp3) is 0.471. The van der Waals surface area contributed by atoms with Crippen molar-refractivity contribution < 1.29 is 4.74 Å². The average molecular weight is 289 g/mol. The van der Waals surface area contributed by atoms with Crippen molar-refractivity contribution in [1.29, 1.82) is 0 Å². The third-order valence-corrected chi connectivity index (χ3v) is 3.18. The molecule has 0 radical (unpaired) electrons. The molecule has 0 aliphatic heterocycles. The van der Waals surface area contributed by atoms with Crippen molar-refractivity contribution in [2.75, 3.05) is 33.8 Å². The normalized spacial score (nSPS) is 11.7. The highest BCUT2D eigenvalue weighted by Gasteiger charge is 2.05. The molecule has 0 spiro atoms. The first-order valence-corrected chi connectivity index (χ1v) is 7.40. The second-order valence-corrected chi connectivity index (χ2v) is 4.87. The summed E-state index contributed by atoms with van der Waals surface area (Å²) in [6.45, 7) is 6.40. The number of hydrogen-bond donors (Lipinski definition) is 1. The van der Waals surface area contributed by atoms with Gasteiger partial charge in [0, 0.05) is 20.6 Å². The second-order valence-electron chi connectivity index (χ2n) is 4.87. The Labute approximate surface area is 128 Å². The van der Waals surface area contributed by atoms with Crippen molar-refractivity contribution in [2.45, 2.75) is 20.3 Å². The van der Waals surface area contributed by atoms with Gasteiger partial charge < -0.3 is 15.0 Å². The minimum Gasteiger partial charge on any atom is -0.491 e. The molecule has 1 N–H and O–H groups in total. The van der Waals surface area contributed by atoms with Gasteiger partial charge >= 0.3 is 0 Å². The number of guanidine groups is 1. The van der Waals surface area contributed by atoms with Gasteiger partial charge in [-0.3, -0.25) is 4.99 Å². The molecule has 1 aromatic carbocycles. The zero-order valence-electron chi connectivity index (χ0n) is 13.6. The van der Waals surface area contributed by atoms with Gasteiger partial charge in [-0.15, -0.1) is 0 Å². The molecular weight excluding hydrogens is 262 g/mol. The Morgan fingerprint density at radius 2 is 2.14 bits per heavy atom. The van der Waals surface area contributed by atoms with Crippen LogP contribution in [0, 0.1) is 6.92 Å². The number of para-hydroxylation sites is 1. The number of nitrogens with one attached hydrogen (secondary N) is 1. The van der Waals surface area contributed by atoms with Gasteiger partial charge in [0.1, 0.15) is 12.4 Å². The number of hydrogen-bond acceptors (Lipinski definition) is 2. The van der Waals surface area contributed by atoms with Gasteiger partial charge in [-0.1, -0.05) is 30.4 Å². The molecule has 0 aliphatic rings. The highest BCUT2D eigenvalue weighted by molar-refractivity contribution is 5.79. The monoisotopic (exact) mass is 289 g/mol. The van der Waals surface area contributed by atoms with Crippen LogP contribution in [0.1, 0.15) is 18.9 Å². The summed E-state index contributed by atoms with van der Waals surface area (Å²) < 4.78 is 5.81. The molecule has 0 atom stereocenters. The molecule has 0 amide bonds. The van der Waals surface area contributed by atoms with E-state index in [2.05, 4.69) is 40.4 Å². The van der Waals surface area contributed by atoms with Crippen molar-refractivity contribution in [3.8, 4) is 5.75 Å². The minimum atomic E-state index is 0.636. The zero-order chi connectivity index (χ0) is 15.5. The van der Waals surface area contributed by atoms with Gasteiger partial charge in [0.2, 0.25) is 0 Å². The fourth-order valence-corrected chi connectivity index (χ4v) is 1.94. The minimum absolute atomic E-state index is 0.636. The lowest BCUT2D eigenvalue weighted by atomic mass is 10.2. The highest BCUT2D eigenvalue weighted by atomic mass is 16.5. The van der Waals surface area contributed by atoms with Crippen molar-refractivity contribution >= 4 is 5.96 Å². The Bertz CT molecular complexity index is 469. The standard InChI is InChI=1S/C17H27N3O/c1-5-6-9-12-19-17(18-3)20(4)13-14-21-16-11-8-7-10-15(16)2/h5-8,10-11H,9,12-14H2,1-4H3,(H,18,19)/b6-5+. The lowest BCUT2D eigenvalue weighted by molar-refractivity contribution is 0.280. The van der Waals surface area contributed by atoms with Gasteiger partial charge in [0.15, 0.2) is 5.96 Å². The third kappa shape index (κ3) is 6.34. The molecule has 0 bridgehead atoms. The first-order valence-electron chi connectivity index (χ1n) is 7.40.